The van der Waals surface area contributed by atoms with Gasteiger partial charge < -0.3 is 25.1 Å². The fraction of sp³-hybridized carbons (Fsp3) is 0.400. The number of amides is 1. The van der Waals surface area contributed by atoms with Gasteiger partial charge in [-0.3, -0.25) is 9.79 Å². The zero-order valence-corrected chi connectivity index (χ0v) is 16.2. The van der Waals surface area contributed by atoms with Crippen LogP contribution in [0.25, 0.3) is 0 Å². The molecule has 7 heteroatoms. The number of rotatable bonds is 9. The van der Waals surface area contributed by atoms with Crippen molar-refractivity contribution in [2.45, 2.75) is 19.8 Å². The SMILES string of the molecule is CN=C(NCCCNC(=O)c1occc1C)NCCc1ccc(OC)cc1. The number of aryl methyl sites for hydroxylation is 1. The summed E-state index contributed by atoms with van der Waals surface area (Å²) in [7, 11) is 3.40. The van der Waals surface area contributed by atoms with Crippen molar-refractivity contribution in [2.24, 2.45) is 4.99 Å². The summed E-state index contributed by atoms with van der Waals surface area (Å²) >= 11 is 0. The highest BCUT2D eigenvalue weighted by molar-refractivity contribution is 5.92. The molecule has 0 aliphatic heterocycles. The quantitative estimate of drug-likeness (QED) is 0.357. The molecule has 0 aliphatic carbocycles. The van der Waals surface area contributed by atoms with Crippen molar-refractivity contribution < 1.29 is 13.9 Å². The first-order chi connectivity index (χ1) is 13.1. The Kier molecular flexibility index (Phi) is 8.22. The first-order valence-electron chi connectivity index (χ1n) is 9.03. The molecule has 0 aliphatic rings. The zero-order chi connectivity index (χ0) is 19.5. The number of aliphatic imine (C=N–C) groups is 1. The van der Waals surface area contributed by atoms with Crippen molar-refractivity contribution in [2.75, 3.05) is 33.8 Å². The van der Waals surface area contributed by atoms with Gasteiger partial charge in [-0.15, -0.1) is 0 Å². The second kappa shape index (κ2) is 10.9. The minimum absolute atomic E-state index is 0.181. The molecular formula is C20H28N4O3. The molecule has 0 saturated heterocycles. The zero-order valence-electron chi connectivity index (χ0n) is 16.2. The third-order valence-corrected chi connectivity index (χ3v) is 4.09. The van der Waals surface area contributed by atoms with Crippen LogP contribution in [-0.2, 0) is 6.42 Å². The summed E-state index contributed by atoms with van der Waals surface area (Å²) in [5, 5.41) is 9.37. The summed E-state index contributed by atoms with van der Waals surface area (Å²) < 4.78 is 10.3. The predicted molar refractivity (Wildman–Crippen MR) is 106 cm³/mol. The Labute approximate surface area is 160 Å². The van der Waals surface area contributed by atoms with E-state index in [0.717, 1.165) is 36.7 Å². The monoisotopic (exact) mass is 372 g/mol. The highest BCUT2D eigenvalue weighted by atomic mass is 16.5. The number of nitrogens with zero attached hydrogens (tertiary/aromatic N) is 1. The van der Waals surface area contributed by atoms with Gasteiger partial charge in [-0.05, 0) is 43.5 Å². The number of methoxy groups -OCH3 is 1. The maximum absolute atomic E-state index is 11.9. The minimum Gasteiger partial charge on any atom is -0.497 e. The fourth-order valence-corrected chi connectivity index (χ4v) is 2.52. The third kappa shape index (κ3) is 6.69. The second-order valence-electron chi connectivity index (χ2n) is 6.07. The highest BCUT2D eigenvalue weighted by Gasteiger charge is 2.11. The van der Waals surface area contributed by atoms with Gasteiger partial charge >= 0.3 is 0 Å². The fourth-order valence-electron chi connectivity index (χ4n) is 2.52. The van der Waals surface area contributed by atoms with E-state index in [1.54, 1.807) is 20.2 Å². The summed E-state index contributed by atoms with van der Waals surface area (Å²) in [5.41, 5.74) is 2.07. The van der Waals surface area contributed by atoms with Crippen LogP contribution >= 0.6 is 0 Å². The Morgan fingerprint density at radius 3 is 2.41 bits per heavy atom. The first-order valence-corrected chi connectivity index (χ1v) is 9.03. The number of ether oxygens (including phenoxy) is 1. The molecule has 0 unspecified atom stereocenters. The largest absolute Gasteiger partial charge is 0.497 e. The number of carbonyl (C=O) groups is 1. The summed E-state index contributed by atoms with van der Waals surface area (Å²) in [6.45, 7) is 3.90. The molecule has 1 aromatic carbocycles. The standard InChI is InChI=1S/C20H28N4O3/c1-15-10-14-27-18(15)19(25)22-11-4-12-23-20(21-2)24-13-9-16-5-7-17(26-3)8-6-16/h5-8,10,14H,4,9,11-13H2,1-3H3,(H,22,25)(H2,21,23,24). The predicted octanol–water partition coefficient (Wildman–Crippen LogP) is 2.12. The van der Waals surface area contributed by atoms with Crippen molar-refractivity contribution >= 4 is 11.9 Å². The summed E-state index contributed by atoms with van der Waals surface area (Å²) in [6, 6.07) is 9.81. The molecule has 1 heterocycles. The first kappa shape index (κ1) is 20.4. The van der Waals surface area contributed by atoms with Crippen LogP contribution in [0.15, 0.2) is 46.0 Å². The van der Waals surface area contributed by atoms with Gasteiger partial charge in [-0.2, -0.15) is 0 Å². The number of hydrogen-bond donors (Lipinski definition) is 3. The van der Waals surface area contributed by atoms with Gasteiger partial charge in [0.25, 0.3) is 5.91 Å². The van der Waals surface area contributed by atoms with Gasteiger partial charge in [-0.25, -0.2) is 0 Å². The van der Waals surface area contributed by atoms with E-state index in [0.29, 0.717) is 18.8 Å². The Bertz CT molecular complexity index is 738. The lowest BCUT2D eigenvalue weighted by molar-refractivity contribution is 0.0925. The van der Waals surface area contributed by atoms with E-state index < -0.39 is 0 Å². The topological polar surface area (TPSA) is 87.9 Å². The van der Waals surface area contributed by atoms with Crippen LogP contribution in [0.4, 0.5) is 0 Å². The number of guanidine groups is 1. The van der Waals surface area contributed by atoms with Crippen LogP contribution in [-0.4, -0.2) is 45.7 Å². The van der Waals surface area contributed by atoms with E-state index in [2.05, 4.69) is 33.1 Å². The Hall–Kier alpha value is -2.96. The molecule has 0 bridgehead atoms. The van der Waals surface area contributed by atoms with Gasteiger partial charge in [0.2, 0.25) is 0 Å². The van der Waals surface area contributed by atoms with Crippen LogP contribution in [0.2, 0.25) is 0 Å². The minimum atomic E-state index is -0.181. The van der Waals surface area contributed by atoms with Crippen molar-refractivity contribution in [3.05, 3.63) is 53.5 Å². The molecule has 0 radical (unpaired) electrons. The molecule has 3 N–H and O–H groups in total. The van der Waals surface area contributed by atoms with Crippen LogP contribution in [0.5, 0.6) is 5.75 Å². The average Bonchev–Trinajstić information content (AvgIpc) is 3.12. The molecule has 7 nitrogen and oxygen atoms in total. The van der Waals surface area contributed by atoms with E-state index >= 15 is 0 Å². The molecule has 27 heavy (non-hydrogen) atoms. The second-order valence-corrected chi connectivity index (χ2v) is 6.07. The lowest BCUT2D eigenvalue weighted by Gasteiger charge is -2.12. The van der Waals surface area contributed by atoms with Gasteiger partial charge in [0.05, 0.1) is 13.4 Å². The van der Waals surface area contributed by atoms with E-state index in [4.69, 9.17) is 9.15 Å². The number of furan rings is 1. The molecule has 2 rings (SSSR count). The summed E-state index contributed by atoms with van der Waals surface area (Å²) in [5.74, 6) is 1.80. The van der Waals surface area contributed by atoms with Crippen molar-refractivity contribution in [3.63, 3.8) is 0 Å². The average molecular weight is 372 g/mol. The molecule has 1 amide bonds. The van der Waals surface area contributed by atoms with Crippen LogP contribution in [0, 0.1) is 6.92 Å². The molecular weight excluding hydrogens is 344 g/mol. The number of benzene rings is 1. The maximum Gasteiger partial charge on any atom is 0.287 e. The van der Waals surface area contributed by atoms with Crippen molar-refractivity contribution in [3.8, 4) is 5.75 Å². The Balaban J connectivity index is 1.59. The lowest BCUT2D eigenvalue weighted by Crippen LogP contribution is -2.39. The lowest BCUT2D eigenvalue weighted by atomic mass is 10.1. The Morgan fingerprint density at radius 1 is 1.07 bits per heavy atom. The maximum atomic E-state index is 11.9. The normalized spacial score (nSPS) is 11.1. The highest BCUT2D eigenvalue weighted by Crippen LogP contribution is 2.11. The van der Waals surface area contributed by atoms with Crippen molar-refractivity contribution in [1.82, 2.24) is 16.0 Å². The molecule has 0 atom stereocenters. The number of carbonyl (C=O) groups excluding carboxylic acids is 1. The summed E-state index contributed by atoms with van der Waals surface area (Å²) in [6.07, 6.45) is 3.20. The molecule has 0 saturated carbocycles. The van der Waals surface area contributed by atoms with E-state index in [1.807, 2.05) is 19.1 Å². The molecule has 2 aromatic rings. The van der Waals surface area contributed by atoms with Gasteiger partial charge in [0.15, 0.2) is 11.7 Å². The van der Waals surface area contributed by atoms with Crippen molar-refractivity contribution in [1.29, 1.82) is 0 Å². The Morgan fingerprint density at radius 2 is 1.78 bits per heavy atom. The molecule has 0 fully saturated rings. The smallest absolute Gasteiger partial charge is 0.287 e. The number of nitrogens with one attached hydrogen (secondary N) is 3. The van der Waals surface area contributed by atoms with Crippen LogP contribution < -0.4 is 20.7 Å². The van der Waals surface area contributed by atoms with Gasteiger partial charge in [0.1, 0.15) is 5.75 Å². The van der Waals surface area contributed by atoms with E-state index in [-0.39, 0.29) is 5.91 Å². The number of hydrogen-bond acceptors (Lipinski definition) is 4. The molecule has 0 spiro atoms. The third-order valence-electron chi connectivity index (χ3n) is 4.09. The molecule has 146 valence electrons. The summed E-state index contributed by atoms with van der Waals surface area (Å²) in [4.78, 5) is 16.1. The van der Waals surface area contributed by atoms with E-state index in [9.17, 15) is 4.79 Å². The van der Waals surface area contributed by atoms with Crippen LogP contribution in [0.3, 0.4) is 0 Å². The van der Waals surface area contributed by atoms with Gasteiger partial charge in [-0.1, -0.05) is 12.1 Å². The van der Waals surface area contributed by atoms with Gasteiger partial charge in [0, 0.05) is 32.2 Å². The van der Waals surface area contributed by atoms with E-state index in [1.165, 1.54) is 11.8 Å². The molecule has 1 aromatic heterocycles. The van der Waals surface area contributed by atoms with Crippen LogP contribution in [0.1, 0.15) is 28.1 Å².